The molecule has 16 heteroatoms. The van der Waals surface area contributed by atoms with Crippen molar-refractivity contribution in [2.45, 2.75) is 124 Å². The molecular weight excluding hydrogens is 869 g/mol. The fourth-order valence-electron chi connectivity index (χ4n) is 6.72. The Morgan fingerprint density at radius 2 is 0.548 bits per heavy atom. The Morgan fingerprint density at radius 3 is 0.806 bits per heavy atom. The maximum absolute atomic E-state index is 13.8. The molecule has 12 nitrogen and oxygen atoms in total. The summed E-state index contributed by atoms with van der Waals surface area (Å²) in [4.78, 5) is 0.697. The largest absolute Gasteiger partial charge is 0.296 e. The lowest BCUT2D eigenvalue weighted by Gasteiger charge is -2.23. The third kappa shape index (κ3) is 16.3. The molecule has 4 aromatic rings. The van der Waals surface area contributed by atoms with Gasteiger partial charge < -0.3 is 0 Å². The number of aryl methyl sites for hydroxylation is 4. The lowest BCUT2D eigenvalue weighted by atomic mass is 10.1. The van der Waals surface area contributed by atoms with Gasteiger partial charge in [0.25, 0.3) is 20.2 Å². The van der Waals surface area contributed by atoms with E-state index in [2.05, 4.69) is 0 Å². The molecule has 4 aromatic carbocycles. The van der Waals surface area contributed by atoms with Crippen LogP contribution in [0.2, 0.25) is 0 Å². The lowest BCUT2D eigenvalue weighted by molar-refractivity contribution is 0.303. The number of rotatable bonds is 29. The van der Waals surface area contributed by atoms with Crippen molar-refractivity contribution in [3.8, 4) is 0 Å². The van der Waals surface area contributed by atoms with Crippen molar-refractivity contribution < 1.29 is 42.0 Å². The SMILES string of the molecule is Cc1ccc(S(=O)(=O)OCCCCCCN(CCCCCCN(CCCCCCOS(=O)(=O)c2ccc(C)cc2)S(=O)(=O)c2ccc(C)cc2)S(=O)(=O)c2ccc(C)cc2)cc1. The lowest BCUT2D eigenvalue weighted by Crippen LogP contribution is -2.33. The molecule has 62 heavy (non-hydrogen) atoms. The molecule has 0 aliphatic carbocycles. The van der Waals surface area contributed by atoms with Gasteiger partial charge in [-0.15, -0.1) is 0 Å². The molecule has 0 atom stereocenters. The van der Waals surface area contributed by atoms with E-state index in [4.69, 9.17) is 8.37 Å². The summed E-state index contributed by atoms with van der Waals surface area (Å²) in [6.07, 6.45) is 7.59. The molecule has 0 unspecified atom stereocenters. The second-order valence-corrected chi connectivity index (χ2v) is 23.0. The molecule has 0 spiro atoms. The zero-order valence-electron chi connectivity index (χ0n) is 36.6. The van der Waals surface area contributed by atoms with Gasteiger partial charge in [-0.25, -0.2) is 16.8 Å². The smallest absolute Gasteiger partial charge is 0.266 e. The first kappa shape index (κ1) is 51.2. The van der Waals surface area contributed by atoms with Gasteiger partial charge in [-0.2, -0.15) is 25.4 Å². The predicted molar refractivity (Wildman–Crippen MR) is 244 cm³/mol. The maximum Gasteiger partial charge on any atom is 0.296 e. The van der Waals surface area contributed by atoms with Crippen molar-refractivity contribution in [1.82, 2.24) is 8.61 Å². The predicted octanol–water partition coefficient (Wildman–Crippen LogP) is 9.09. The average molecular weight is 933 g/mol. The first-order chi connectivity index (χ1) is 29.4. The molecule has 0 amide bonds. The highest BCUT2D eigenvalue weighted by molar-refractivity contribution is 7.89. The van der Waals surface area contributed by atoms with Crippen LogP contribution in [0.5, 0.6) is 0 Å². The van der Waals surface area contributed by atoms with Crippen LogP contribution in [0.4, 0.5) is 0 Å². The summed E-state index contributed by atoms with van der Waals surface area (Å²) in [5.74, 6) is 0. The first-order valence-corrected chi connectivity index (χ1v) is 27.2. The van der Waals surface area contributed by atoms with E-state index in [0.717, 1.165) is 22.3 Å². The quantitative estimate of drug-likeness (QED) is 0.0379. The molecule has 4 rings (SSSR count). The summed E-state index contributed by atoms with van der Waals surface area (Å²) in [5.41, 5.74) is 3.82. The average Bonchev–Trinajstić information content (AvgIpc) is 3.23. The summed E-state index contributed by atoms with van der Waals surface area (Å²) in [6, 6.07) is 26.6. The van der Waals surface area contributed by atoms with Crippen molar-refractivity contribution >= 4 is 40.3 Å². The molecule has 0 N–H and O–H groups in total. The van der Waals surface area contributed by atoms with Crippen LogP contribution >= 0.6 is 0 Å². The third-order valence-electron chi connectivity index (χ3n) is 10.6. The van der Waals surface area contributed by atoms with E-state index in [1.54, 1.807) is 72.8 Å². The maximum atomic E-state index is 13.8. The standard InChI is InChI=1S/C46H64N2O10S4/c1-39-17-25-43(26-18-39)59(49,50)47(35-13-7-9-15-37-57-61(53,54)45-29-21-41(3)22-30-45)33-11-5-6-12-34-48(60(51,52)44-27-19-40(2)20-28-44)36-14-8-10-16-38-58-62(55,56)46-31-23-42(4)24-32-46/h17-32H,5-16,33-38H2,1-4H3. The summed E-state index contributed by atoms with van der Waals surface area (Å²) in [6.45, 7) is 8.91. The van der Waals surface area contributed by atoms with Crippen LogP contribution in [-0.4, -0.2) is 81.7 Å². The van der Waals surface area contributed by atoms with Crippen LogP contribution in [0.3, 0.4) is 0 Å². The van der Waals surface area contributed by atoms with Crippen molar-refractivity contribution in [1.29, 1.82) is 0 Å². The Hall–Kier alpha value is -3.48. The van der Waals surface area contributed by atoms with Crippen molar-refractivity contribution in [3.05, 3.63) is 119 Å². The number of benzene rings is 4. The number of hydrogen-bond acceptors (Lipinski definition) is 10. The van der Waals surface area contributed by atoms with Crippen LogP contribution in [0.15, 0.2) is 117 Å². The molecule has 0 radical (unpaired) electrons. The number of unbranched alkanes of at least 4 members (excludes halogenated alkanes) is 9. The Labute approximate surface area is 372 Å². The normalized spacial score (nSPS) is 12.7. The molecule has 0 fully saturated rings. The van der Waals surface area contributed by atoms with E-state index in [-0.39, 0.29) is 32.8 Å². The molecule has 0 aliphatic heterocycles. The fraction of sp³-hybridized carbons (Fsp3) is 0.478. The van der Waals surface area contributed by atoms with E-state index in [0.29, 0.717) is 103 Å². The molecular formula is C46H64N2O10S4. The Bertz CT molecular complexity index is 2230. The fourth-order valence-corrected chi connectivity index (χ4v) is 11.6. The van der Waals surface area contributed by atoms with E-state index < -0.39 is 40.3 Å². The Morgan fingerprint density at radius 1 is 0.323 bits per heavy atom. The summed E-state index contributed by atoms with van der Waals surface area (Å²) in [7, 11) is -15.2. The van der Waals surface area contributed by atoms with E-state index in [1.807, 2.05) is 27.7 Å². The van der Waals surface area contributed by atoms with Gasteiger partial charge in [0, 0.05) is 26.2 Å². The number of nitrogens with zero attached hydrogens (tertiary/aromatic N) is 2. The van der Waals surface area contributed by atoms with Gasteiger partial charge in [-0.05, 0) is 115 Å². The van der Waals surface area contributed by atoms with Gasteiger partial charge in [0.15, 0.2) is 0 Å². The molecule has 0 saturated heterocycles. The molecule has 0 saturated carbocycles. The highest BCUT2D eigenvalue weighted by Gasteiger charge is 2.25. The summed E-state index contributed by atoms with van der Waals surface area (Å²) in [5, 5.41) is 0. The van der Waals surface area contributed by atoms with Crippen LogP contribution in [0, 0.1) is 27.7 Å². The third-order valence-corrected chi connectivity index (χ3v) is 17.1. The molecule has 0 aromatic heterocycles. The van der Waals surface area contributed by atoms with Gasteiger partial charge in [0.05, 0.1) is 32.8 Å². The van der Waals surface area contributed by atoms with Crippen molar-refractivity contribution in [2.24, 2.45) is 0 Å². The Balaban J connectivity index is 1.25. The zero-order valence-corrected chi connectivity index (χ0v) is 39.8. The summed E-state index contributed by atoms with van der Waals surface area (Å²) >= 11 is 0. The highest BCUT2D eigenvalue weighted by Crippen LogP contribution is 2.22. The van der Waals surface area contributed by atoms with Gasteiger partial charge in [0.1, 0.15) is 0 Å². The second-order valence-electron chi connectivity index (χ2n) is 15.9. The van der Waals surface area contributed by atoms with Crippen LogP contribution < -0.4 is 0 Å². The van der Waals surface area contributed by atoms with Crippen LogP contribution in [0.1, 0.15) is 99.3 Å². The van der Waals surface area contributed by atoms with Crippen LogP contribution in [0.25, 0.3) is 0 Å². The van der Waals surface area contributed by atoms with Gasteiger partial charge >= 0.3 is 0 Å². The molecule has 0 aliphatic rings. The van der Waals surface area contributed by atoms with E-state index in [9.17, 15) is 33.7 Å². The minimum Gasteiger partial charge on any atom is -0.266 e. The van der Waals surface area contributed by atoms with Gasteiger partial charge in [-0.3, -0.25) is 8.37 Å². The van der Waals surface area contributed by atoms with Crippen LogP contribution in [-0.2, 0) is 48.6 Å². The number of sulfonamides is 2. The van der Waals surface area contributed by atoms with E-state index >= 15 is 0 Å². The second kappa shape index (κ2) is 24.5. The van der Waals surface area contributed by atoms with Gasteiger partial charge in [0.2, 0.25) is 20.0 Å². The van der Waals surface area contributed by atoms with Gasteiger partial charge in [-0.1, -0.05) is 109 Å². The summed E-state index contributed by atoms with van der Waals surface area (Å²) < 4.78 is 119. The van der Waals surface area contributed by atoms with Crippen molar-refractivity contribution in [2.75, 3.05) is 39.4 Å². The Kier molecular flexibility index (Phi) is 20.3. The highest BCUT2D eigenvalue weighted by atomic mass is 32.2. The minimum atomic E-state index is -3.84. The molecule has 0 heterocycles. The minimum absolute atomic E-state index is 0.0460. The monoisotopic (exact) mass is 932 g/mol. The molecule has 342 valence electrons. The zero-order chi connectivity index (χ0) is 45.2. The molecule has 0 bridgehead atoms. The first-order valence-electron chi connectivity index (χ1n) is 21.5. The topological polar surface area (TPSA) is 161 Å². The van der Waals surface area contributed by atoms with Crippen molar-refractivity contribution in [3.63, 3.8) is 0 Å². The van der Waals surface area contributed by atoms with E-state index in [1.165, 1.54) is 32.9 Å². The number of hydrogen-bond donors (Lipinski definition) is 0.